The topological polar surface area (TPSA) is 117 Å². The van der Waals surface area contributed by atoms with E-state index < -0.39 is 40.8 Å². The molecule has 0 atom stereocenters. The van der Waals surface area contributed by atoms with E-state index in [2.05, 4.69) is 4.74 Å². The van der Waals surface area contributed by atoms with Crippen LogP contribution >= 0.6 is 11.6 Å². The van der Waals surface area contributed by atoms with Gasteiger partial charge in [-0.15, -0.1) is 0 Å². The number of benzene rings is 1. The molecule has 1 aromatic heterocycles. The van der Waals surface area contributed by atoms with E-state index in [1.807, 2.05) is 0 Å². The summed E-state index contributed by atoms with van der Waals surface area (Å²) in [6.45, 7) is -3.52. The van der Waals surface area contributed by atoms with Gasteiger partial charge in [0.1, 0.15) is 11.3 Å². The number of aromatic nitrogens is 1. The lowest BCUT2D eigenvalue weighted by atomic mass is 10.2. The number of nitro groups is 1. The Kier molecular flexibility index (Phi) is 5.32. The Morgan fingerprint density at radius 2 is 2.08 bits per heavy atom. The maximum atomic E-state index is 12.5. The Balaban J connectivity index is 2.57. The quantitative estimate of drug-likeness (QED) is 0.615. The van der Waals surface area contributed by atoms with E-state index in [1.54, 1.807) is 0 Å². The van der Waals surface area contributed by atoms with Gasteiger partial charge in [-0.1, -0.05) is 11.6 Å². The molecule has 0 fully saturated rings. The number of alkyl halides is 2. The number of carbonyl (C=O) groups excluding carboxylic acids is 1. The van der Waals surface area contributed by atoms with Gasteiger partial charge < -0.3 is 15.0 Å². The van der Waals surface area contributed by atoms with Crippen molar-refractivity contribution in [2.45, 2.75) is 13.2 Å². The molecule has 2 aromatic rings. The minimum absolute atomic E-state index is 0.0609. The van der Waals surface area contributed by atoms with Gasteiger partial charge in [0.25, 0.3) is 17.2 Å². The summed E-state index contributed by atoms with van der Waals surface area (Å²) < 4.78 is 30.1. The van der Waals surface area contributed by atoms with Crippen LogP contribution in [0, 0.1) is 10.1 Å². The van der Waals surface area contributed by atoms with Crippen molar-refractivity contribution < 1.29 is 23.2 Å². The summed E-state index contributed by atoms with van der Waals surface area (Å²) in [5.74, 6) is -1.42. The first-order chi connectivity index (χ1) is 11.7. The average molecular weight is 374 g/mol. The number of primary amides is 1. The van der Waals surface area contributed by atoms with Crippen LogP contribution in [0.2, 0.25) is 5.02 Å². The van der Waals surface area contributed by atoms with Crippen molar-refractivity contribution in [3.05, 3.63) is 67.1 Å². The number of carbonyl (C=O) groups is 1. The third-order valence-corrected chi connectivity index (χ3v) is 3.36. The molecule has 1 heterocycles. The predicted octanol–water partition coefficient (Wildman–Crippen LogP) is 2.16. The number of hydrogen-bond acceptors (Lipinski definition) is 5. The maximum Gasteiger partial charge on any atom is 0.387 e. The number of nitrogens with zero attached hydrogens (tertiary/aromatic N) is 2. The van der Waals surface area contributed by atoms with E-state index in [9.17, 15) is 28.5 Å². The predicted molar refractivity (Wildman–Crippen MR) is 83.1 cm³/mol. The van der Waals surface area contributed by atoms with Gasteiger partial charge in [0.05, 0.1) is 17.7 Å². The van der Waals surface area contributed by atoms with E-state index in [1.165, 1.54) is 18.2 Å². The highest BCUT2D eigenvalue weighted by atomic mass is 35.5. The molecular formula is C14H10ClF2N3O5. The molecule has 2 rings (SSSR count). The van der Waals surface area contributed by atoms with Gasteiger partial charge in [-0.05, 0) is 18.2 Å². The zero-order valence-electron chi connectivity index (χ0n) is 12.3. The molecule has 0 saturated carbocycles. The van der Waals surface area contributed by atoms with Crippen molar-refractivity contribution in [1.29, 1.82) is 0 Å². The molecule has 0 saturated heterocycles. The van der Waals surface area contributed by atoms with Gasteiger partial charge in [0, 0.05) is 16.7 Å². The number of pyridine rings is 1. The second-order valence-electron chi connectivity index (χ2n) is 4.80. The lowest BCUT2D eigenvalue weighted by Gasteiger charge is -2.13. The van der Waals surface area contributed by atoms with Crippen molar-refractivity contribution in [1.82, 2.24) is 4.57 Å². The molecular weight excluding hydrogens is 364 g/mol. The average Bonchev–Trinajstić information content (AvgIpc) is 2.51. The van der Waals surface area contributed by atoms with E-state index in [-0.39, 0.29) is 16.3 Å². The van der Waals surface area contributed by atoms with Crippen LogP contribution in [0.4, 0.5) is 14.5 Å². The lowest BCUT2D eigenvalue weighted by molar-refractivity contribution is -0.385. The second kappa shape index (κ2) is 7.26. The number of amides is 1. The molecule has 1 amide bonds. The highest BCUT2D eigenvalue weighted by Crippen LogP contribution is 2.25. The number of hydrogen-bond donors (Lipinski definition) is 1. The summed E-state index contributed by atoms with van der Waals surface area (Å²) >= 11 is 5.81. The molecule has 25 heavy (non-hydrogen) atoms. The smallest absolute Gasteiger partial charge is 0.387 e. The Morgan fingerprint density at radius 3 is 2.64 bits per heavy atom. The zero-order chi connectivity index (χ0) is 18.7. The fourth-order valence-corrected chi connectivity index (χ4v) is 2.27. The molecule has 0 spiro atoms. The largest absolute Gasteiger partial charge is 0.434 e. The number of halogens is 3. The van der Waals surface area contributed by atoms with Crippen molar-refractivity contribution >= 4 is 23.2 Å². The highest BCUT2D eigenvalue weighted by Gasteiger charge is 2.19. The van der Waals surface area contributed by atoms with Gasteiger partial charge in [-0.25, -0.2) is 0 Å². The summed E-state index contributed by atoms with van der Waals surface area (Å²) in [5.41, 5.74) is 3.02. The molecule has 0 aliphatic carbocycles. The van der Waals surface area contributed by atoms with Crippen LogP contribution in [0.3, 0.4) is 0 Å². The van der Waals surface area contributed by atoms with Crippen LogP contribution in [0.1, 0.15) is 15.9 Å². The Labute approximate surface area is 143 Å². The molecule has 0 radical (unpaired) electrons. The van der Waals surface area contributed by atoms with Crippen molar-refractivity contribution in [2.75, 3.05) is 0 Å². The van der Waals surface area contributed by atoms with Crippen LogP contribution in [-0.4, -0.2) is 22.0 Å². The third-order valence-electron chi connectivity index (χ3n) is 3.13. The zero-order valence-corrected chi connectivity index (χ0v) is 13.1. The fraction of sp³-hybridized carbons (Fsp3) is 0.143. The van der Waals surface area contributed by atoms with Crippen molar-refractivity contribution in [2.24, 2.45) is 5.73 Å². The molecule has 2 N–H and O–H groups in total. The van der Waals surface area contributed by atoms with E-state index in [0.29, 0.717) is 0 Å². The molecule has 132 valence electrons. The number of nitrogens with two attached hydrogens (primary N) is 1. The highest BCUT2D eigenvalue weighted by molar-refractivity contribution is 6.30. The first-order valence-electron chi connectivity index (χ1n) is 6.61. The third kappa shape index (κ3) is 4.29. The Hall–Kier alpha value is -3.01. The molecule has 0 aliphatic heterocycles. The van der Waals surface area contributed by atoms with Crippen LogP contribution in [-0.2, 0) is 6.54 Å². The maximum absolute atomic E-state index is 12.5. The summed E-state index contributed by atoms with van der Waals surface area (Å²) in [5, 5.41) is 11.1. The van der Waals surface area contributed by atoms with E-state index in [4.69, 9.17) is 17.3 Å². The summed E-state index contributed by atoms with van der Waals surface area (Å²) in [4.78, 5) is 33.7. The SMILES string of the molecule is NC(=O)c1cc([N+](=O)[O-])cn(Cc2cc(Cl)ccc2OC(F)F)c1=O. The van der Waals surface area contributed by atoms with Crippen molar-refractivity contribution in [3.8, 4) is 5.75 Å². The molecule has 11 heteroatoms. The van der Waals surface area contributed by atoms with Gasteiger partial charge >= 0.3 is 6.61 Å². The van der Waals surface area contributed by atoms with Crippen LogP contribution in [0.25, 0.3) is 0 Å². The molecule has 0 unspecified atom stereocenters. The van der Waals surface area contributed by atoms with Gasteiger partial charge in [0.15, 0.2) is 0 Å². The molecule has 8 nitrogen and oxygen atoms in total. The van der Waals surface area contributed by atoms with Gasteiger partial charge in [-0.3, -0.25) is 19.7 Å². The summed E-state index contributed by atoms with van der Waals surface area (Å²) in [6, 6.07) is 4.47. The van der Waals surface area contributed by atoms with Gasteiger partial charge in [-0.2, -0.15) is 8.78 Å². The number of ether oxygens (including phenoxy) is 1. The van der Waals surface area contributed by atoms with Crippen LogP contribution in [0.5, 0.6) is 5.75 Å². The standard InChI is InChI=1S/C14H10ClF2N3O5/c15-8-1-2-11(25-14(16)17)7(3-8)5-19-6-9(20(23)24)4-10(12(18)21)13(19)22/h1-4,6,14H,5H2,(H2,18,21). The first-order valence-corrected chi connectivity index (χ1v) is 6.98. The van der Waals surface area contributed by atoms with Gasteiger partial charge in [0.2, 0.25) is 0 Å². The van der Waals surface area contributed by atoms with Crippen molar-refractivity contribution in [3.63, 3.8) is 0 Å². The van der Waals surface area contributed by atoms with Crippen LogP contribution < -0.4 is 16.0 Å². The number of rotatable bonds is 6. The normalized spacial score (nSPS) is 10.7. The lowest BCUT2D eigenvalue weighted by Crippen LogP contribution is -2.30. The molecule has 0 bridgehead atoms. The van der Waals surface area contributed by atoms with E-state index in [0.717, 1.165) is 16.8 Å². The van der Waals surface area contributed by atoms with Crippen LogP contribution in [0.15, 0.2) is 35.3 Å². The fourth-order valence-electron chi connectivity index (χ4n) is 2.08. The minimum atomic E-state index is -3.12. The summed E-state index contributed by atoms with van der Waals surface area (Å²) in [7, 11) is 0. The molecule has 1 aromatic carbocycles. The second-order valence-corrected chi connectivity index (χ2v) is 5.23. The monoisotopic (exact) mass is 373 g/mol. The minimum Gasteiger partial charge on any atom is -0.434 e. The molecule has 0 aliphatic rings. The Morgan fingerprint density at radius 1 is 1.40 bits per heavy atom. The first kappa shape index (κ1) is 18.3. The Bertz CT molecular complexity index is 901. The summed E-state index contributed by atoms with van der Waals surface area (Å²) in [6.07, 6.45) is 0.863. The van der Waals surface area contributed by atoms with E-state index >= 15 is 0 Å².